The van der Waals surface area contributed by atoms with E-state index in [1.165, 1.54) is 11.1 Å². The lowest BCUT2D eigenvalue weighted by Gasteiger charge is -2.32. The number of benzene rings is 1. The second-order valence-corrected chi connectivity index (χ2v) is 8.40. The number of fused-ring (bicyclic) bond motifs is 1. The first-order chi connectivity index (χ1) is 14.0. The zero-order valence-electron chi connectivity index (χ0n) is 17.2. The second-order valence-electron chi connectivity index (χ2n) is 8.40. The first-order valence-corrected chi connectivity index (χ1v) is 10.1. The van der Waals surface area contributed by atoms with E-state index in [0.717, 1.165) is 25.5 Å². The summed E-state index contributed by atoms with van der Waals surface area (Å²) in [5.74, 6) is 1.65. The lowest BCUT2D eigenvalue weighted by molar-refractivity contribution is -0.133. The highest BCUT2D eigenvalue weighted by Gasteiger charge is 2.49. The summed E-state index contributed by atoms with van der Waals surface area (Å²) in [4.78, 5) is 23.8. The monoisotopic (exact) mass is 389 g/mol. The van der Waals surface area contributed by atoms with Crippen molar-refractivity contribution in [2.75, 3.05) is 45.2 Å². The summed E-state index contributed by atoms with van der Waals surface area (Å²) in [6, 6.07) is 14.3. The topological polar surface area (TPSA) is 63.5 Å². The van der Waals surface area contributed by atoms with Crippen LogP contribution in [0.5, 0.6) is 0 Å². The van der Waals surface area contributed by atoms with Gasteiger partial charge in [0.25, 0.3) is 0 Å². The SMILES string of the molecule is Cc1ccccc1[C@H]1[C@@H]2CN(c3ncccc3C#N)C[C@@H]2CN1C(=O)CN(C)C. The Kier molecular flexibility index (Phi) is 5.25. The quantitative estimate of drug-likeness (QED) is 0.804. The van der Waals surface area contributed by atoms with Crippen LogP contribution in [0.15, 0.2) is 42.6 Å². The highest BCUT2D eigenvalue weighted by Crippen LogP contribution is 2.46. The molecule has 2 aliphatic rings. The van der Waals surface area contributed by atoms with Crippen LogP contribution in [0.2, 0.25) is 0 Å². The largest absolute Gasteiger partial charge is 0.355 e. The average Bonchev–Trinajstić information content (AvgIpc) is 3.26. The van der Waals surface area contributed by atoms with Crippen molar-refractivity contribution in [3.63, 3.8) is 0 Å². The number of anilines is 1. The van der Waals surface area contributed by atoms with Crippen molar-refractivity contribution < 1.29 is 4.79 Å². The molecule has 1 aromatic heterocycles. The minimum atomic E-state index is 0.0629. The van der Waals surface area contributed by atoms with Crippen molar-refractivity contribution in [2.24, 2.45) is 11.8 Å². The van der Waals surface area contributed by atoms with E-state index in [1.54, 1.807) is 12.3 Å². The summed E-state index contributed by atoms with van der Waals surface area (Å²) < 4.78 is 0. The van der Waals surface area contributed by atoms with Gasteiger partial charge in [0.1, 0.15) is 11.9 Å². The molecule has 1 amide bonds. The maximum absolute atomic E-state index is 13.0. The Labute approximate surface area is 172 Å². The summed E-state index contributed by atoms with van der Waals surface area (Å²) in [5, 5.41) is 9.47. The van der Waals surface area contributed by atoms with E-state index >= 15 is 0 Å². The molecule has 4 rings (SSSR count). The fourth-order valence-electron chi connectivity index (χ4n) is 4.89. The van der Waals surface area contributed by atoms with E-state index in [2.05, 4.69) is 46.0 Å². The van der Waals surface area contributed by atoms with Crippen LogP contribution in [0.25, 0.3) is 0 Å². The molecule has 0 spiro atoms. The molecule has 3 atom stereocenters. The van der Waals surface area contributed by atoms with Gasteiger partial charge in [0.2, 0.25) is 5.91 Å². The van der Waals surface area contributed by atoms with Crippen LogP contribution < -0.4 is 4.90 Å². The minimum Gasteiger partial charge on any atom is -0.355 e. The van der Waals surface area contributed by atoms with Crippen LogP contribution in [-0.4, -0.2) is 61.0 Å². The third kappa shape index (κ3) is 3.58. The van der Waals surface area contributed by atoms with Gasteiger partial charge in [-0.3, -0.25) is 4.79 Å². The molecule has 0 aliphatic carbocycles. The van der Waals surface area contributed by atoms with E-state index in [0.29, 0.717) is 23.9 Å². The molecular formula is C23H27N5O. The zero-order valence-corrected chi connectivity index (χ0v) is 17.2. The molecule has 2 saturated heterocycles. The number of nitriles is 1. The van der Waals surface area contributed by atoms with Crippen molar-refractivity contribution in [3.05, 3.63) is 59.3 Å². The van der Waals surface area contributed by atoms with Crippen LogP contribution in [-0.2, 0) is 4.79 Å². The van der Waals surface area contributed by atoms with Crippen molar-refractivity contribution in [1.82, 2.24) is 14.8 Å². The number of carbonyl (C=O) groups excluding carboxylic acids is 1. The van der Waals surface area contributed by atoms with E-state index in [9.17, 15) is 10.1 Å². The van der Waals surface area contributed by atoms with E-state index in [1.807, 2.05) is 31.1 Å². The maximum atomic E-state index is 13.0. The molecule has 0 radical (unpaired) electrons. The lowest BCUT2D eigenvalue weighted by Crippen LogP contribution is -2.40. The minimum absolute atomic E-state index is 0.0629. The maximum Gasteiger partial charge on any atom is 0.237 e. The smallest absolute Gasteiger partial charge is 0.237 e. The van der Waals surface area contributed by atoms with Gasteiger partial charge in [0.15, 0.2) is 0 Å². The summed E-state index contributed by atoms with van der Waals surface area (Å²) >= 11 is 0. The molecule has 0 bridgehead atoms. The summed E-state index contributed by atoms with van der Waals surface area (Å²) in [6.07, 6.45) is 1.75. The predicted octanol–water partition coefficient (Wildman–Crippen LogP) is 2.46. The number of aromatic nitrogens is 1. The standard InChI is InChI=1S/C23H27N5O/c1-16-7-4-5-9-19(16)22-20-14-27(23-17(11-24)8-6-10-25-23)12-18(20)13-28(22)21(29)15-26(2)3/h4-10,18,20,22H,12-15H2,1-3H3/t18-,20-,22+/m1/s1. The molecule has 0 unspecified atom stereocenters. The van der Waals surface area contributed by atoms with Gasteiger partial charge < -0.3 is 14.7 Å². The number of carbonyl (C=O) groups is 1. The molecule has 150 valence electrons. The molecule has 3 heterocycles. The number of likely N-dealkylation sites (N-methyl/N-ethyl adjacent to an activating group) is 1. The van der Waals surface area contributed by atoms with Gasteiger partial charge in [0, 0.05) is 37.7 Å². The molecule has 2 fully saturated rings. The molecule has 6 nitrogen and oxygen atoms in total. The lowest BCUT2D eigenvalue weighted by atomic mass is 9.87. The van der Waals surface area contributed by atoms with E-state index in [4.69, 9.17) is 0 Å². The Hall–Kier alpha value is -2.91. The van der Waals surface area contributed by atoms with Gasteiger partial charge in [-0.1, -0.05) is 24.3 Å². The van der Waals surface area contributed by atoms with Crippen LogP contribution in [0.3, 0.4) is 0 Å². The first-order valence-electron chi connectivity index (χ1n) is 10.1. The van der Waals surface area contributed by atoms with Crippen molar-refractivity contribution in [1.29, 1.82) is 5.26 Å². The number of hydrogen-bond acceptors (Lipinski definition) is 5. The van der Waals surface area contributed by atoms with Crippen molar-refractivity contribution in [2.45, 2.75) is 13.0 Å². The number of hydrogen-bond donors (Lipinski definition) is 0. The van der Waals surface area contributed by atoms with Crippen LogP contribution in [0.4, 0.5) is 5.82 Å². The zero-order chi connectivity index (χ0) is 20.5. The molecule has 0 saturated carbocycles. The Morgan fingerprint density at radius 3 is 2.72 bits per heavy atom. The molecule has 29 heavy (non-hydrogen) atoms. The van der Waals surface area contributed by atoms with Gasteiger partial charge in [0.05, 0.1) is 18.2 Å². The third-order valence-corrected chi connectivity index (χ3v) is 6.15. The highest BCUT2D eigenvalue weighted by atomic mass is 16.2. The molecule has 1 aromatic carbocycles. The fraction of sp³-hybridized carbons (Fsp3) is 0.435. The van der Waals surface area contributed by atoms with E-state index in [-0.39, 0.29) is 11.9 Å². The fourth-order valence-corrected chi connectivity index (χ4v) is 4.89. The number of pyridine rings is 1. The Bertz CT molecular complexity index is 950. The first kappa shape index (κ1) is 19.4. The van der Waals surface area contributed by atoms with Gasteiger partial charge >= 0.3 is 0 Å². The Balaban J connectivity index is 1.66. The predicted molar refractivity (Wildman–Crippen MR) is 112 cm³/mol. The van der Waals surface area contributed by atoms with Crippen molar-refractivity contribution in [3.8, 4) is 6.07 Å². The molecule has 6 heteroatoms. The van der Waals surface area contributed by atoms with Gasteiger partial charge in [-0.2, -0.15) is 5.26 Å². The number of likely N-dealkylation sites (tertiary alicyclic amines) is 1. The number of aryl methyl sites for hydroxylation is 1. The Morgan fingerprint density at radius 1 is 1.21 bits per heavy atom. The average molecular weight is 390 g/mol. The van der Waals surface area contributed by atoms with Gasteiger partial charge in [-0.05, 0) is 44.3 Å². The van der Waals surface area contributed by atoms with E-state index < -0.39 is 0 Å². The summed E-state index contributed by atoms with van der Waals surface area (Å²) in [5.41, 5.74) is 3.06. The summed E-state index contributed by atoms with van der Waals surface area (Å²) in [7, 11) is 3.87. The van der Waals surface area contributed by atoms with Crippen molar-refractivity contribution >= 4 is 11.7 Å². The Morgan fingerprint density at radius 2 is 2.00 bits per heavy atom. The molecule has 2 aromatic rings. The second kappa shape index (κ2) is 7.84. The van der Waals surface area contributed by atoms with Crippen LogP contribution >= 0.6 is 0 Å². The normalized spacial score (nSPS) is 23.3. The van der Waals surface area contributed by atoms with Crippen LogP contribution in [0.1, 0.15) is 22.7 Å². The number of nitrogens with zero attached hydrogens (tertiary/aromatic N) is 5. The van der Waals surface area contributed by atoms with Gasteiger partial charge in [-0.25, -0.2) is 4.98 Å². The molecule has 2 aliphatic heterocycles. The van der Waals surface area contributed by atoms with Gasteiger partial charge in [-0.15, -0.1) is 0 Å². The number of amides is 1. The molecule has 0 N–H and O–H groups in total. The third-order valence-electron chi connectivity index (χ3n) is 6.15. The molecular weight excluding hydrogens is 362 g/mol. The summed E-state index contributed by atoms with van der Waals surface area (Å²) in [6.45, 7) is 4.92. The van der Waals surface area contributed by atoms with Crippen LogP contribution in [0, 0.1) is 30.1 Å². The number of rotatable bonds is 4. The highest BCUT2D eigenvalue weighted by molar-refractivity contribution is 5.79.